The Morgan fingerprint density at radius 2 is 1.70 bits per heavy atom. The first-order chi connectivity index (χ1) is 9.63. The topological polar surface area (TPSA) is 69.6 Å². The van der Waals surface area contributed by atoms with Gasteiger partial charge in [-0.1, -0.05) is 18.2 Å². The Hall–Kier alpha value is -2.53. The number of amides is 1. The van der Waals surface area contributed by atoms with E-state index in [-0.39, 0.29) is 17.4 Å². The Morgan fingerprint density at radius 3 is 2.45 bits per heavy atom. The zero-order valence-corrected chi connectivity index (χ0v) is 11.1. The van der Waals surface area contributed by atoms with Crippen molar-refractivity contribution in [1.29, 1.82) is 0 Å². The molecule has 0 atom stereocenters. The van der Waals surface area contributed by atoms with Crippen LogP contribution in [0.1, 0.15) is 9.67 Å². The highest BCUT2D eigenvalue weighted by molar-refractivity contribution is 7.20. The van der Waals surface area contributed by atoms with E-state index in [9.17, 15) is 15.0 Å². The molecule has 2 aromatic carbocycles. The molecule has 0 bridgehead atoms. The van der Waals surface area contributed by atoms with Crippen molar-refractivity contribution in [3.05, 3.63) is 53.4 Å². The lowest BCUT2D eigenvalue weighted by atomic mass is 10.2. The van der Waals surface area contributed by atoms with E-state index in [1.54, 1.807) is 6.07 Å². The number of para-hydroxylation sites is 1. The van der Waals surface area contributed by atoms with Crippen LogP contribution in [0.2, 0.25) is 0 Å². The van der Waals surface area contributed by atoms with Crippen LogP contribution in [-0.4, -0.2) is 16.1 Å². The Morgan fingerprint density at radius 1 is 1.00 bits per heavy atom. The lowest BCUT2D eigenvalue weighted by molar-refractivity contribution is 0.103. The summed E-state index contributed by atoms with van der Waals surface area (Å²) in [5, 5.41) is 22.4. The van der Waals surface area contributed by atoms with Gasteiger partial charge in [0.25, 0.3) is 5.91 Å². The lowest BCUT2D eigenvalue weighted by Gasteiger charge is -2.01. The Bertz CT molecular complexity index is 741. The average molecular weight is 285 g/mol. The van der Waals surface area contributed by atoms with Crippen LogP contribution in [-0.2, 0) is 0 Å². The lowest BCUT2D eigenvalue weighted by Crippen LogP contribution is -2.09. The summed E-state index contributed by atoms with van der Waals surface area (Å²) in [5.74, 6) is -0.587. The summed E-state index contributed by atoms with van der Waals surface area (Å²) in [6.45, 7) is 0. The standard InChI is InChI=1S/C15H11NO3S/c17-11-6-9-7-14(20-13(9)8-12(11)18)15(19)16-10-4-2-1-3-5-10/h1-8,17-18H,(H,16,19). The minimum Gasteiger partial charge on any atom is -0.504 e. The zero-order chi connectivity index (χ0) is 14.1. The van der Waals surface area contributed by atoms with Gasteiger partial charge in [0, 0.05) is 16.5 Å². The summed E-state index contributed by atoms with van der Waals surface area (Å²) < 4.78 is 0.749. The van der Waals surface area contributed by atoms with Gasteiger partial charge in [-0.05, 0) is 29.7 Å². The Labute approximate surface area is 118 Å². The van der Waals surface area contributed by atoms with E-state index in [1.165, 1.54) is 23.5 Å². The Kier molecular flexibility index (Phi) is 3.04. The van der Waals surface area contributed by atoms with Crippen molar-refractivity contribution >= 4 is 33.0 Å². The molecule has 1 aromatic heterocycles. The van der Waals surface area contributed by atoms with Crippen molar-refractivity contribution in [3.8, 4) is 11.5 Å². The van der Waals surface area contributed by atoms with Gasteiger partial charge in [0.15, 0.2) is 11.5 Å². The molecule has 0 aliphatic heterocycles. The van der Waals surface area contributed by atoms with Gasteiger partial charge in [-0.3, -0.25) is 4.79 Å². The number of hydrogen-bond donors (Lipinski definition) is 3. The van der Waals surface area contributed by atoms with E-state index in [2.05, 4.69) is 5.32 Å². The number of thiophene rings is 1. The first-order valence-electron chi connectivity index (χ1n) is 5.95. The van der Waals surface area contributed by atoms with Crippen LogP contribution in [0.15, 0.2) is 48.5 Å². The van der Waals surface area contributed by atoms with Gasteiger partial charge < -0.3 is 15.5 Å². The fraction of sp³-hybridized carbons (Fsp3) is 0. The maximum atomic E-state index is 12.1. The highest BCUT2D eigenvalue weighted by Crippen LogP contribution is 2.35. The second-order valence-corrected chi connectivity index (χ2v) is 5.39. The minimum atomic E-state index is -0.212. The molecule has 0 fully saturated rings. The second kappa shape index (κ2) is 4.86. The van der Waals surface area contributed by atoms with Crippen LogP contribution >= 0.6 is 11.3 Å². The fourth-order valence-electron chi connectivity index (χ4n) is 1.89. The summed E-state index contributed by atoms with van der Waals surface area (Å²) in [6.07, 6.45) is 0. The quantitative estimate of drug-likeness (QED) is 0.630. The molecule has 5 heteroatoms. The molecular formula is C15H11NO3S. The number of phenolic OH excluding ortho intramolecular Hbond substituents is 2. The van der Waals surface area contributed by atoms with Crippen molar-refractivity contribution in [2.45, 2.75) is 0 Å². The monoisotopic (exact) mass is 285 g/mol. The zero-order valence-electron chi connectivity index (χ0n) is 10.3. The number of anilines is 1. The van der Waals surface area contributed by atoms with Crippen LogP contribution in [0.5, 0.6) is 11.5 Å². The first kappa shape index (κ1) is 12.5. The van der Waals surface area contributed by atoms with Crippen molar-refractivity contribution in [2.24, 2.45) is 0 Å². The molecule has 0 radical (unpaired) electrons. The van der Waals surface area contributed by atoms with E-state index >= 15 is 0 Å². The van der Waals surface area contributed by atoms with Gasteiger partial charge in [-0.25, -0.2) is 0 Å². The van der Waals surface area contributed by atoms with Gasteiger partial charge in [0.05, 0.1) is 4.88 Å². The smallest absolute Gasteiger partial charge is 0.265 e. The van der Waals surface area contributed by atoms with E-state index in [4.69, 9.17) is 0 Å². The van der Waals surface area contributed by atoms with Crippen molar-refractivity contribution in [3.63, 3.8) is 0 Å². The summed E-state index contributed by atoms with van der Waals surface area (Å²) in [6, 6.07) is 13.8. The third-order valence-electron chi connectivity index (χ3n) is 2.87. The molecule has 1 amide bonds. The van der Waals surface area contributed by atoms with Crippen LogP contribution in [0.4, 0.5) is 5.69 Å². The maximum Gasteiger partial charge on any atom is 0.265 e. The first-order valence-corrected chi connectivity index (χ1v) is 6.77. The van der Waals surface area contributed by atoms with E-state index < -0.39 is 0 Å². The summed E-state index contributed by atoms with van der Waals surface area (Å²) in [4.78, 5) is 12.6. The molecular weight excluding hydrogens is 274 g/mol. The maximum absolute atomic E-state index is 12.1. The molecule has 0 saturated carbocycles. The predicted molar refractivity (Wildman–Crippen MR) is 79.5 cm³/mol. The number of carbonyl (C=O) groups excluding carboxylic acids is 1. The van der Waals surface area contributed by atoms with E-state index in [0.717, 1.165) is 15.8 Å². The third kappa shape index (κ3) is 2.31. The van der Waals surface area contributed by atoms with E-state index in [0.29, 0.717) is 4.88 Å². The van der Waals surface area contributed by atoms with Crippen molar-refractivity contribution in [2.75, 3.05) is 5.32 Å². The number of aromatic hydroxyl groups is 2. The fourth-order valence-corrected chi connectivity index (χ4v) is 2.86. The number of benzene rings is 2. The number of nitrogens with one attached hydrogen (secondary N) is 1. The predicted octanol–water partition coefficient (Wildman–Crippen LogP) is 3.56. The molecule has 3 aromatic rings. The highest BCUT2D eigenvalue weighted by Gasteiger charge is 2.12. The molecule has 0 aliphatic carbocycles. The molecule has 0 saturated heterocycles. The number of hydrogen-bond acceptors (Lipinski definition) is 4. The molecule has 0 aliphatic rings. The van der Waals surface area contributed by atoms with Gasteiger partial charge in [-0.15, -0.1) is 11.3 Å². The van der Waals surface area contributed by atoms with E-state index in [1.807, 2.05) is 30.3 Å². The highest BCUT2D eigenvalue weighted by atomic mass is 32.1. The minimum absolute atomic E-state index is 0.186. The third-order valence-corrected chi connectivity index (χ3v) is 3.97. The van der Waals surface area contributed by atoms with Crippen molar-refractivity contribution in [1.82, 2.24) is 0 Å². The molecule has 0 unspecified atom stereocenters. The summed E-state index contributed by atoms with van der Waals surface area (Å²) in [7, 11) is 0. The largest absolute Gasteiger partial charge is 0.504 e. The number of carbonyl (C=O) groups is 1. The molecule has 100 valence electrons. The SMILES string of the molecule is O=C(Nc1ccccc1)c1cc2cc(O)c(O)cc2s1. The summed E-state index contributed by atoms with van der Waals surface area (Å²) in [5.41, 5.74) is 0.723. The number of rotatable bonds is 2. The van der Waals surface area contributed by atoms with Gasteiger partial charge >= 0.3 is 0 Å². The number of fused-ring (bicyclic) bond motifs is 1. The van der Waals surface area contributed by atoms with Gasteiger partial charge in [-0.2, -0.15) is 0 Å². The summed E-state index contributed by atoms with van der Waals surface area (Å²) >= 11 is 1.26. The van der Waals surface area contributed by atoms with Crippen LogP contribution < -0.4 is 5.32 Å². The van der Waals surface area contributed by atoms with Crippen LogP contribution in [0.3, 0.4) is 0 Å². The average Bonchev–Trinajstić information content (AvgIpc) is 2.83. The molecule has 3 N–H and O–H groups in total. The van der Waals surface area contributed by atoms with Crippen molar-refractivity contribution < 1.29 is 15.0 Å². The van der Waals surface area contributed by atoms with Crippen LogP contribution in [0, 0.1) is 0 Å². The normalized spacial score (nSPS) is 10.6. The molecule has 3 rings (SSSR count). The molecule has 1 heterocycles. The van der Waals surface area contributed by atoms with Gasteiger partial charge in [0.2, 0.25) is 0 Å². The number of phenols is 2. The molecule has 20 heavy (non-hydrogen) atoms. The molecule has 0 spiro atoms. The molecule has 4 nitrogen and oxygen atoms in total. The van der Waals surface area contributed by atoms with Gasteiger partial charge in [0.1, 0.15) is 0 Å². The second-order valence-electron chi connectivity index (χ2n) is 4.31. The van der Waals surface area contributed by atoms with Crippen LogP contribution in [0.25, 0.3) is 10.1 Å². The Balaban J connectivity index is 1.92.